The Balaban J connectivity index is 1.38. The average Bonchev–Trinajstić information content (AvgIpc) is 2.78. The quantitative estimate of drug-likeness (QED) is 0.609. The summed E-state index contributed by atoms with van der Waals surface area (Å²) in [6.45, 7) is 7.93. The molecule has 1 fully saturated rings. The van der Waals surface area contributed by atoms with E-state index in [-0.39, 0.29) is 19.1 Å². The fourth-order valence-electron chi connectivity index (χ4n) is 3.68. The predicted molar refractivity (Wildman–Crippen MR) is 123 cm³/mol. The van der Waals surface area contributed by atoms with Gasteiger partial charge in [-0.25, -0.2) is 0 Å². The number of aliphatic hydroxyl groups excluding tert-OH is 1. The monoisotopic (exact) mass is 442 g/mol. The van der Waals surface area contributed by atoms with Gasteiger partial charge in [0.1, 0.15) is 24.2 Å². The predicted octanol–water partition coefficient (Wildman–Crippen LogP) is 2.41. The standard InChI is InChI=1S/C25H34N2O5/c1-19-4-9-24(20(2)14-19)32-17-22(28)16-26(3)15-21-5-7-23(8-6-21)31-18-25(29)27-10-12-30-13-11-27/h4-9,14,22,28H,10-13,15-18H2,1-3H3/t22-/m0/s1. The van der Waals surface area contributed by atoms with Crippen molar-refractivity contribution >= 4 is 5.91 Å². The number of carbonyl (C=O) groups excluding carboxylic acids is 1. The van der Waals surface area contributed by atoms with Crippen LogP contribution < -0.4 is 9.47 Å². The second-order valence-corrected chi connectivity index (χ2v) is 8.36. The first-order chi connectivity index (χ1) is 15.4. The molecule has 1 aliphatic rings. The van der Waals surface area contributed by atoms with Gasteiger partial charge in [-0.3, -0.25) is 9.69 Å². The second kappa shape index (κ2) is 11.9. The maximum absolute atomic E-state index is 12.2. The Morgan fingerprint density at radius 2 is 1.84 bits per heavy atom. The summed E-state index contributed by atoms with van der Waals surface area (Å²) in [5, 5.41) is 10.3. The van der Waals surface area contributed by atoms with Gasteiger partial charge in [-0.1, -0.05) is 29.8 Å². The molecule has 1 saturated heterocycles. The lowest BCUT2D eigenvalue weighted by Crippen LogP contribution is -2.42. The van der Waals surface area contributed by atoms with Crippen molar-refractivity contribution in [2.24, 2.45) is 0 Å². The minimum atomic E-state index is -0.588. The SMILES string of the molecule is Cc1ccc(OC[C@@H](O)CN(C)Cc2ccc(OCC(=O)N3CCOCC3)cc2)c(C)c1. The molecule has 32 heavy (non-hydrogen) atoms. The van der Waals surface area contributed by atoms with E-state index in [2.05, 4.69) is 6.07 Å². The fraction of sp³-hybridized carbons (Fsp3) is 0.480. The molecule has 3 rings (SSSR count). The van der Waals surface area contributed by atoms with Crippen molar-refractivity contribution in [3.05, 3.63) is 59.2 Å². The molecule has 7 nitrogen and oxygen atoms in total. The van der Waals surface area contributed by atoms with E-state index in [4.69, 9.17) is 14.2 Å². The first kappa shape index (κ1) is 24.0. The zero-order chi connectivity index (χ0) is 22.9. The van der Waals surface area contributed by atoms with Crippen LogP contribution in [0.3, 0.4) is 0 Å². The smallest absolute Gasteiger partial charge is 0.260 e. The summed E-state index contributed by atoms with van der Waals surface area (Å²) >= 11 is 0. The Labute approximate surface area is 190 Å². The molecular formula is C25H34N2O5. The van der Waals surface area contributed by atoms with E-state index < -0.39 is 6.10 Å². The molecule has 0 saturated carbocycles. The summed E-state index contributed by atoms with van der Waals surface area (Å²) in [4.78, 5) is 16.0. The van der Waals surface area contributed by atoms with E-state index >= 15 is 0 Å². The van der Waals surface area contributed by atoms with Gasteiger partial charge in [0.15, 0.2) is 6.61 Å². The van der Waals surface area contributed by atoms with E-state index in [0.29, 0.717) is 45.1 Å². The van der Waals surface area contributed by atoms with Crippen molar-refractivity contribution in [1.29, 1.82) is 0 Å². The van der Waals surface area contributed by atoms with Crippen LogP contribution in [0.15, 0.2) is 42.5 Å². The van der Waals surface area contributed by atoms with Crippen LogP contribution >= 0.6 is 0 Å². The van der Waals surface area contributed by atoms with Crippen LogP contribution in [0.2, 0.25) is 0 Å². The molecule has 2 aromatic carbocycles. The van der Waals surface area contributed by atoms with Crippen molar-refractivity contribution in [1.82, 2.24) is 9.80 Å². The average molecular weight is 443 g/mol. The number of amides is 1. The van der Waals surface area contributed by atoms with Crippen LogP contribution in [-0.4, -0.2) is 80.0 Å². The first-order valence-electron chi connectivity index (χ1n) is 11.0. The highest BCUT2D eigenvalue weighted by Crippen LogP contribution is 2.19. The molecule has 1 atom stereocenters. The summed E-state index contributed by atoms with van der Waals surface area (Å²) in [5.74, 6) is 1.45. The minimum absolute atomic E-state index is 0.0193. The normalized spacial score (nSPS) is 15.0. The molecule has 0 radical (unpaired) electrons. The molecule has 1 heterocycles. The lowest BCUT2D eigenvalue weighted by Gasteiger charge is -2.26. The molecule has 1 amide bonds. The van der Waals surface area contributed by atoms with Gasteiger partial charge in [-0.2, -0.15) is 0 Å². The van der Waals surface area contributed by atoms with Crippen molar-refractivity contribution in [3.63, 3.8) is 0 Å². The molecule has 1 N–H and O–H groups in total. The number of nitrogens with zero attached hydrogens (tertiary/aromatic N) is 2. The van der Waals surface area contributed by atoms with Crippen LogP contribution in [0.25, 0.3) is 0 Å². The molecule has 174 valence electrons. The van der Waals surface area contributed by atoms with Gasteiger partial charge < -0.3 is 24.2 Å². The highest BCUT2D eigenvalue weighted by molar-refractivity contribution is 5.77. The zero-order valence-electron chi connectivity index (χ0n) is 19.3. The van der Waals surface area contributed by atoms with E-state index in [1.807, 2.05) is 62.2 Å². The molecule has 0 spiro atoms. The largest absolute Gasteiger partial charge is 0.491 e. The van der Waals surface area contributed by atoms with Gasteiger partial charge in [0.2, 0.25) is 0 Å². The lowest BCUT2D eigenvalue weighted by molar-refractivity contribution is -0.137. The number of carbonyl (C=O) groups is 1. The first-order valence-corrected chi connectivity index (χ1v) is 11.0. The van der Waals surface area contributed by atoms with Gasteiger partial charge in [-0.15, -0.1) is 0 Å². The van der Waals surface area contributed by atoms with Crippen molar-refractivity contribution in [2.45, 2.75) is 26.5 Å². The van der Waals surface area contributed by atoms with E-state index in [1.54, 1.807) is 4.90 Å². The number of hydrogen-bond acceptors (Lipinski definition) is 6. The third kappa shape index (κ3) is 7.51. The van der Waals surface area contributed by atoms with Gasteiger partial charge in [0.05, 0.1) is 13.2 Å². The Hall–Kier alpha value is -2.61. The number of morpholine rings is 1. The third-order valence-corrected chi connectivity index (χ3v) is 5.39. The number of rotatable bonds is 10. The van der Waals surface area contributed by atoms with Crippen LogP contribution in [0.5, 0.6) is 11.5 Å². The third-order valence-electron chi connectivity index (χ3n) is 5.39. The van der Waals surface area contributed by atoms with Crippen molar-refractivity contribution in [3.8, 4) is 11.5 Å². The summed E-state index contributed by atoms with van der Waals surface area (Å²) in [6, 6.07) is 13.7. The Morgan fingerprint density at radius 3 is 2.53 bits per heavy atom. The van der Waals surface area contributed by atoms with Crippen LogP contribution in [-0.2, 0) is 16.1 Å². The van der Waals surface area contributed by atoms with Gasteiger partial charge in [0, 0.05) is 26.2 Å². The summed E-state index contributed by atoms with van der Waals surface area (Å²) in [7, 11) is 1.96. The molecule has 2 aromatic rings. The number of likely N-dealkylation sites (N-methyl/N-ethyl adjacent to an activating group) is 1. The Morgan fingerprint density at radius 1 is 1.12 bits per heavy atom. The zero-order valence-corrected chi connectivity index (χ0v) is 19.3. The minimum Gasteiger partial charge on any atom is -0.491 e. The number of hydrogen-bond donors (Lipinski definition) is 1. The van der Waals surface area contributed by atoms with Gasteiger partial charge in [0.25, 0.3) is 5.91 Å². The van der Waals surface area contributed by atoms with Gasteiger partial charge in [-0.05, 0) is 50.2 Å². The Kier molecular flexibility index (Phi) is 8.90. The summed E-state index contributed by atoms with van der Waals surface area (Å²) in [5.41, 5.74) is 3.36. The van der Waals surface area contributed by atoms with E-state index in [9.17, 15) is 9.90 Å². The highest BCUT2D eigenvalue weighted by Gasteiger charge is 2.17. The van der Waals surface area contributed by atoms with Crippen molar-refractivity contribution < 1.29 is 24.1 Å². The summed E-state index contributed by atoms with van der Waals surface area (Å²) < 4.78 is 16.7. The van der Waals surface area contributed by atoms with Crippen LogP contribution in [0.1, 0.15) is 16.7 Å². The van der Waals surface area contributed by atoms with Crippen LogP contribution in [0.4, 0.5) is 0 Å². The molecule has 0 aromatic heterocycles. The maximum Gasteiger partial charge on any atom is 0.260 e. The molecular weight excluding hydrogens is 408 g/mol. The molecule has 0 unspecified atom stereocenters. The number of aryl methyl sites for hydroxylation is 2. The Bertz CT molecular complexity index is 865. The topological polar surface area (TPSA) is 71.5 Å². The van der Waals surface area contributed by atoms with Crippen molar-refractivity contribution in [2.75, 3.05) is 53.1 Å². The molecule has 1 aliphatic heterocycles. The van der Waals surface area contributed by atoms with E-state index in [1.165, 1.54) is 5.56 Å². The number of benzene rings is 2. The number of aliphatic hydroxyl groups is 1. The van der Waals surface area contributed by atoms with Gasteiger partial charge >= 0.3 is 0 Å². The summed E-state index contributed by atoms with van der Waals surface area (Å²) in [6.07, 6.45) is -0.588. The van der Waals surface area contributed by atoms with E-state index in [0.717, 1.165) is 16.9 Å². The fourth-order valence-corrected chi connectivity index (χ4v) is 3.68. The molecule has 0 bridgehead atoms. The number of ether oxygens (including phenoxy) is 3. The highest BCUT2D eigenvalue weighted by atomic mass is 16.5. The molecule has 0 aliphatic carbocycles. The second-order valence-electron chi connectivity index (χ2n) is 8.36. The maximum atomic E-state index is 12.2. The lowest BCUT2D eigenvalue weighted by atomic mass is 10.1. The van der Waals surface area contributed by atoms with Crippen LogP contribution in [0, 0.1) is 13.8 Å². The molecule has 7 heteroatoms.